The highest BCUT2D eigenvalue weighted by Gasteiger charge is 2.22. The first-order chi connectivity index (χ1) is 16.9. The van der Waals surface area contributed by atoms with E-state index in [1.54, 1.807) is 0 Å². The van der Waals surface area contributed by atoms with Gasteiger partial charge in [0.2, 0.25) is 0 Å². The summed E-state index contributed by atoms with van der Waals surface area (Å²) in [5.74, 6) is -0.683. The molecule has 184 valence electrons. The van der Waals surface area contributed by atoms with Crippen LogP contribution in [0.4, 0.5) is 11.4 Å². The molecule has 0 atom stereocenters. The van der Waals surface area contributed by atoms with E-state index >= 15 is 0 Å². The van der Waals surface area contributed by atoms with Crippen molar-refractivity contribution >= 4 is 65.3 Å². The molecule has 0 unspecified atom stereocenters. The van der Waals surface area contributed by atoms with Crippen LogP contribution in [-0.4, -0.2) is 19.2 Å². The zero-order valence-corrected chi connectivity index (χ0v) is 22.8. The molecular formula is C24H17Br2N3O6S. The fourth-order valence-electron chi connectivity index (χ4n) is 3.05. The van der Waals surface area contributed by atoms with Crippen molar-refractivity contribution < 1.29 is 22.3 Å². The Morgan fingerprint density at radius 1 is 1.08 bits per heavy atom. The lowest BCUT2D eigenvalue weighted by molar-refractivity contribution is -0.385. The summed E-state index contributed by atoms with van der Waals surface area (Å²) in [6.45, 7) is 3.39. The summed E-state index contributed by atoms with van der Waals surface area (Å²) in [7, 11) is -4.33. The van der Waals surface area contributed by atoms with Gasteiger partial charge in [0.05, 0.1) is 10.6 Å². The summed E-state index contributed by atoms with van der Waals surface area (Å²) in [4.78, 5) is 22.7. The third-order valence-electron chi connectivity index (χ3n) is 4.85. The average Bonchev–Trinajstić information content (AvgIpc) is 2.80. The number of nitriles is 1. The number of nitrogens with zero attached hydrogens (tertiary/aromatic N) is 2. The lowest BCUT2D eigenvalue weighted by Crippen LogP contribution is -2.14. The quantitative estimate of drug-likeness (QED) is 0.110. The number of hydrogen-bond acceptors (Lipinski definition) is 7. The van der Waals surface area contributed by atoms with Crippen molar-refractivity contribution in [2.75, 3.05) is 5.32 Å². The van der Waals surface area contributed by atoms with Gasteiger partial charge in [0.25, 0.3) is 11.6 Å². The molecule has 0 aliphatic carbocycles. The van der Waals surface area contributed by atoms with Crippen molar-refractivity contribution in [1.29, 1.82) is 5.26 Å². The van der Waals surface area contributed by atoms with Crippen molar-refractivity contribution in [3.8, 4) is 11.8 Å². The average molecular weight is 635 g/mol. The number of rotatable bonds is 7. The van der Waals surface area contributed by atoms with Gasteiger partial charge in [-0.05, 0) is 93.2 Å². The van der Waals surface area contributed by atoms with Crippen LogP contribution < -0.4 is 9.50 Å². The van der Waals surface area contributed by atoms with Crippen molar-refractivity contribution in [2.24, 2.45) is 0 Å². The summed E-state index contributed by atoms with van der Waals surface area (Å²) in [5, 5.41) is 23.3. The predicted octanol–water partition coefficient (Wildman–Crippen LogP) is 6.05. The third kappa shape index (κ3) is 6.37. The minimum atomic E-state index is -4.33. The highest BCUT2D eigenvalue weighted by Crippen LogP contribution is 2.33. The maximum absolute atomic E-state index is 12.7. The summed E-state index contributed by atoms with van der Waals surface area (Å²) in [6, 6.07) is 14.6. The Morgan fingerprint density at radius 2 is 1.69 bits per heavy atom. The Bertz CT molecular complexity index is 1520. The molecule has 0 radical (unpaired) electrons. The van der Waals surface area contributed by atoms with Gasteiger partial charge in [-0.2, -0.15) is 13.7 Å². The summed E-state index contributed by atoms with van der Waals surface area (Å²) >= 11 is 6.77. The maximum Gasteiger partial charge on any atom is 0.339 e. The van der Waals surface area contributed by atoms with E-state index in [-0.39, 0.29) is 21.9 Å². The molecular weight excluding hydrogens is 618 g/mol. The number of amides is 1. The smallest absolute Gasteiger partial charge is 0.339 e. The van der Waals surface area contributed by atoms with Crippen LogP contribution in [0.3, 0.4) is 0 Å². The molecule has 0 aromatic heterocycles. The van der Waals surface area contributed by atoms with Gasteiger partial charge in [0, 0.05) is 20.6 Å². The first-order valence-electron chi connectivity index (χ1n) is 10.1. The highest BCUT2D eigenvalue weighted by molar-refractivity contribution is 9.11. The number of nitro benzene ring substituents is 1. The number of anilines is 1. The number of carbonyl (C=O) groups excluding carboxylic acids is 1. The molecule has 1 amide bonds. The van der Waals surface area contributed by atoms with Gasteiger partial charge in [-0.25, -0.2) is 0 Å². The third-order valence-corrected chi connectivity index (χ3v) is 7.35. The molecule has 0 fully saturated rings. The largest absolute Gasteiger partial charge is 0.379 e. The van der Waals surface area contributed by atoms with Gasteiger partial charge in [-0.3, -0.25) is 14.9 Å². The summed E-state index contributed by atoms with van der Waals surface area (Å²) in [6.07, 6.45) is 1.34. The Morgan fingerprint density at radius 3 is 2.25 bits per heavy atom. The Hall–Kier alpha value is -3.53. The van der Waals surface area contributed by atoms with Gasteiger partial charge in [-0.1, -0.05) is 18.2 Å². The molecule has 0 saturated carbocycles. The minimum Gasteiger partial charge on any atom is -0.379 e. The van der Waals surface area contributed by atoms with Gasteiger partial charge < -0.3 is 9.50 Å². The predicted molar refractivity (Wildman–Crippen MR) is 141 cm³/mol. The second kappa shape index (κ2) is 11.0. The van der Waals surface area contributed by atoms with Crippen LogP contribution in [0.1, 0.15) is 16.7 Å². The van der Waals surface area contributed by atoms with Crippen molar-refractivity contribution in [3.63, 3.8) is 0 Å². The van der Waals surface area contributed by atoms with Crippen LogP contribution in [0.25, 0.3) is 6.08 Å². The van der Waals surface area contributed by atoms with E-state index in [4.69, 9.17) is 4.18 Å². The molecule has 0 aliphatic rings. The number of carbonyl (C=O) groups is 1. The first kappa shape index (κ1) is 27.1. The van der Waals surface area contributed by atoms with Crippen molar-refractivity contribution in [1.82, 2.24) is 0 Å². The number of hydrogen-bond donors (Lipinski definition) is 1. The van der Waals surface area contributed by atoms with Gasteiger partial charge in [-0.15, -0.1) is 0 Å². The summed E-state index contributed by atoms with van der Waals surface area (Å²) < 4.78 is 31.5. The Labute approximate surface area is 223 Å². The number of aryl methyl sites for hydroxylation is 2. The second-order valence-electron chi connectivity index (χ2n) is 7.54. The fraction of sp³-hybridized carbons (Fsp3) is 0.0833. The van der Waals surface area contributed by atoms with Gasteiger partial charge in [0.15, 0.2) is 0 Å². The molecule has 0 heterocycles. The lowest BCUT2D eigenvalue weighted by atomic mass is 10.1. The summed E-state index contributed by atoms with van der Waals surface area (Å²) in [5.41, 5.74) is 1.67. The van der Waals surface area contributed by atoms with Crippen molar-refractivity contribution in [2.45, 2.75) is 18.7 Å². The first-order valence-corrected chi connectivity index (χ1v) is 13.1. The standard InChI is InChI=1S/C24H17Br2N3O6S/c1-14-9-20(25)23(21(26)10-14)28-24(30)17(13-27)11-16-4-6-18(7-5-16)35-36(33,34)19-8-3-15(2)22(12-19)29(31)32/h3-12H,1-2H3,(H,28,30)/b17-11+. The molecule has 9 nitrogen and oxygen atoms in total. The highest BCUT2D eigenvalue weighted by atomic mass is 79.9. The lowest BCUT2D eigenvalue weighted by Gasteiger charge is -2.10. The number of halogens is 2. The molecule has 0 saturated heterocycles. The van der Waals surface area contributed by atoms with E-state index in [0.29, 0.717) is 25.8 Å². The van der Waals surface area contributed by atoms with E-state index in [1.165, 1.54) is 49.4 Å². The number of nitro groups is 1. The van der Waals surface area contributed by atoms with Crippen LogP contribution in [0.5, 0.6) is 5.75 Å². The minimum absolute atomic E-state index is 0.0501. The number of nitrogens with one attached hydrogen (secondary N) is 1. The zero-order valence-electron chi connectivity index (χ0n) is 18.8. The molecule has 0 bridgehead atoms. The molecule has 12 heteroatoms. The zero-order chi connectivity index (χ0) is 26.6. The fourth-order valence-corrected chi connectivity index (χ4v) is 5.62. The second-order valence-corrected chi connectivity index (χ2v) is 10.8. The maximum atomic E-state index is 12.7. The van der Waals surface area contributed by atoms with E-state index < -0.39 is 20.9 Å². The molecule has 3 aromatic carbocycles. The number of benzene rings is 3. The molecule has 3 aromatic rings. The van der Waals surface area contributed by atoms with Crippen LogP contribution >= 0.6 is 31.9 Å². The van der Waals surface area contributed by atoms with Gasteiger partial charge >= 0.3 is 10.1 Å². The van der Waals surface area contributed by atoms with E-state index in [0.717, 1.165) is 11.6 Å². The van der Waals surface area contributed by atoms with E-state index in [1.807, 2.05) is 25.1 Å². The van der Waals surface area contributed by atoms with Crippen molar-refractivity contribution in [3.05, 3.63) is 95.9 Å². The van der Waals surface area contributed by atoms with Crippen LogP contribution in [-0.2, 0) is 14.9 Å². The molecule has 3 rings (SSSR count). The SMILES string of the molecule is Cc1cc(Br)c(NC(=O)/C(C#N)=C/c2ccc(OS(=O)(=O)c3ccc(C)c([N+](=O)[O-])c3)cc2)c(Br)c1. The Kier molecular flexibility index (Phi) is 8.29. The molecule has 0 aliphatic heterocycles. The van der Waals surface area contributed by atoms with E-state index in [9.17, 15) is 28.6 Å². The van der Waals surface area contributed by atoms with Gasteiger partial charge in [0.1, 0.15) is 22.3 Å². The van der Waals surface area contributed by atoms with Crippen LogP contribution in [0.2, 0.25) is 0 Å². The topological polar surface area (TPSA) is 139 Å². The molecule has 1 N–H and O–H groups in total. The molecule has 0 spiro atoms. The molecule has 36 heavy (non-hydrogen) atoms. The normalized spacial score (nSPS) is 11.5. The van der Waals surface area contributed by atoms with Crippen LogP contribution in [0, 0.1) is 35.3 Å². The monoisotopic (exact) mass is 633 g/mol. The Balaban J connectivity index is 1.79. The van der Waals surface area contributed by atoms with Crippen LogP contribution in [0.15, 0.2) is 74.0 Å². The van der Waals surface area contributed by atoms with E-state index in [2.05, 4.69) is 37.2 Å².